The Morgan fingerprint density at radius 2 is 1.74 bits per heavy atom. The third kappa shape index (κ3) is 6.40. The van der Waals surface area contributed by atoms with Crippen LogP contribution in [0.2, 0.25) is 0 Å². The summed E-state index contributed by atoms with van der Waals surface area (Å²) < 4.78 is 37.0. The zero-order chi connectivity index (χ0) is 28.0. The summed E-state index contributed by atoms with van der Waals surface area (Å²) in [6, 6.07) is 24.6. The van der Waals surface area contributed by atoms with Crippen molar-refractivity contribution in [2.75, 3.05) is 17.5 Å². The minimum absolute atomic E-state index is 0.0626. The molecule has 1 amide bonds. The lowest BCUT2D eigenvalue weighted by molar-refractivity contribution is -0.119. The number of aromatic nitrogens is 1. The molecule has 4 rings (SSSR count). The number of ether oxygens (including phenoxy) is 1. The number of carbonyl (C=O) groups excluding carboxylic acids is 1. The van der Waals surface area contributed by atoms with Gasteiger partial charge in [-0.25, -0.2) is 13.8 Å². The Balaban J connectivity index is 1.58. The van der Waals surface area contributed by atoms with Gasteiger partial charge in [-0.3, -0.25) is 9.10 Å². The van der Waals surface area contributed by atoms with Crippen LogP contribution in [0.1, 0.15) is 23.9 Å². The second-order valence-corrected chi connectivity index (χ2v) is 11.4. The van der Waals surface area contributed by atoms with Crippen LogP contribution in [0.5, 0.6) is 5.75 Å². The number of hydrazone groups is 1. The molecule has 8 nitrogen and oxygen atoms in total. The fourth-order valence-electron chi connectivity index (χ4n) is 4.23. The molecule has 0 unspecified atom stereocenters. The van der Waals surface area contributed by atoms with Crippen LogP contribution in [0.15, 0.2) is 99.4 Å². The van der Waals surface area contributed by atoms with E-state index < -0.39 is 22.5 Å². The number of sulfonamides is 1. The first-order chi connectivity index (χ1) is 18.7. The van der Waals surface area contributed by atoms with Crippen molar-refractivity contribution >= 4 is 43.8 Å². The second-order valence-electron chi connectivity index (χ2n) is 8.66. The quantitative estimate of drug-likeness (QED) is 0.187. The molecule has 0 fully saturated rings. The number of rotatable bonds is 10. The number of carbonyl (C=O) groups is 1. The third-order valence-corrected chi connectivity index (χ3v) is 8.25. The number of nitrogens with one attached hydrogen (secondary N) is 1. The van der Waals surface area contributed by atoms with E-state index in [4.69, 9.17) is 4.74 Å². The predicted molar refractivity (Wildman–Crippen MR) is 157 cm³/mol. The largest absolute Gasteiger partial charge is 0.492 e. The average molecular weight is 610 g/mol. The summed E-state index contributed by atoms with van der Waals surface area (Å²) in [6.07, 6.45) is 1.55. The Morgan fingerprint density at radius 3 is 2.46 bits per heavy atom. The van der Waals surface area contributed by atoms with Gasteiger partial charge in [0, 0.05) is 27.1 Å². The standard InChI is InChI=1S/C29H29BrN4O4S/c1-4-38-28-16-9-8-15-27(28)33(39(36,37)26-13-6-5-7-14-26)20-29(35)32-31-19-23-17-21(2)34(22(23)3)25-12-10-11-24(30)18-25/h5-19H,4,20H2,1-3H3,(H,32,35)/b31-19+. The molecule has 0 spiro atoms. The molecular formula is C29H29BrN4O4S. The van der Waals surface area contributed by atoms with Crippen LogP contribution in [0.25, 0.3) is 5.69 Å². The second kappa shape index (κ2) is 12.3. The van der Waals surface area contributed by atoms with Gasteiger partial charge in [-0.15, -0.1) is 0 Å². The van der Waals surface area contributed by atoms with E-state index in [0.29, 0.717) is 12.4 Å². The van der Waals surface area contributed by atoms with Crippen molar-refractivity contribution in [3.8, 4) is 11.4 Å². The lowest BCUT2D eigenvalue weighted by atomic mass is 10.2. The van der Waals surface area contributed by atoms with Gasteiger partial charge in [0.1, 0.15) is 12.3 Å². The van der Waals surface area contributed by atoms with Gasteiger partial charge < -0.3 is 9.30 Å². The fourth-order valence-corrected chi connectivity index (χ4v) is 6.07. The Kier molecular flexibility index (Phi) is 8.88. The molecule has 202 valence electrons. The van der Waals surface area contributed by atoms with Crippen LogP contribution in [0, 0.1) is 13.8 Å². The molecule has 10 heteroatoms. The van der Waals surface area contributed by atoms with E-state index in [9.17, 15) is 13.2 Å². The Labute approximate surface area is 237 Å². The van der Waals surface area contributed by atoms with Gasteiger partial charge >= 0.3 is 0 Å². The predicted octanol–water partition coefficient (Wildman–Crippen LogP) is 5.60. The molecule has 0 aliphatic heterocycles. The van der Waals surface area contributed by atoms with Gasteiger partial charge in [0.2, 0.25) is 0 Å². The van der Waals surface area contributed by atoms with Crippen molar-refractivity contribution < 1.29 is 17.9 Å². The van der Waals surface area contributed by atoms with E-state index in [1.54, 1.807) is 48.7 Å². The molecule has 4 aromatic rings. The van der Waals surface area contributed by atoms with Gasteiger partial charge in [0.05, 0.1) is 23.4 Å². The topological polar surface area (TPSA) is 93.0 Å². The lowest BCUT2D eigenvalue weighted by Gasteiger charge is -2.25. The number of anilines is 1. The Hall–Kier alpha value is -3.89. The van der Waals surface area contributed by atoms with Crippen LogP contribution < -0.4 is 14.5 Å². The molecule has 1 aromatic heterocycles. The summed E-state index contributed by atoms with van der Waals surface area (Å²) in [7, 11) is -4.08. The third-order valence-electron chi connectivity index (χ3n) is 5.98. The molecule has 1 heterocycles. The van der Waals surface area contributed by atoms with Crippen LogP contribution in [0.3, 0.4) is 0 Å². The first-order valence-electron chi connectivity index (χ1n) is 12.3. The maximum Gasteiger partial charge on any atom is 0.264 e. The fraction of sp³-hybridized carbons (Fsp3) is 0.172. The molecule has 0 aliphatic carbocycles. The van der Waals surface area contributed by atoms with E-state index in [1.165, 1.54) is 12.1 Å². The summed E-state index contributed by atoms with van der Waals surface area (Å²) in [4.78, 5) is 13.1. The SMILES string of the molecule is CCOc1ccccc1N(CC(=O)N/N=C/c1cc(C)n(-c2cccc(Br)c2)c1C)S(=O)(=O)c1ccccc1. The molecule has 0 aliphatic rings. The minimum Gasteiger partial charge on any atom is -0.492 e. The van der Waals surface area contributed by atoms with Gasteiger partial charge in [-0.1, -0.05) is 52.3 Å². The van der Waals surface area contributed by atoms with Gasteiger partial charge in [0.25, 0.3) is 15.9 Å². The van der Waals surface area contributed by atoms with E-state index in [-0.39, 0.29) is 10.6 Å². The summed E-state index contributed by atoms with van der Waals surface area (Å²) in [5, 5.41) is 4.13. The van der Waals surface area contributed by atoms with Crippen LogP contribution in [-0.4, -0.2) is 38.3 Å². The van der Waals surface area contributed by atoms with Crippen LogP contribution in [0.4, 0.5) is 5.69 Å². The Morgan fingerprint density at radius 1 is 1.03 bits per heavy atom. The zero-order valence-electron chi connectivity index (χ0n) is 21.8. The van der Waals surface area contributed by atoms with Crippen molar-refractivity contribution in [3.05, 3.63) is 106 Å². The number of hydrogen-bond acceptors (Lipinski definition) is 5. The highest BCUT2D eigenvalue weighted by molar-refractivity contribution is 9.10. The number of para-hydroxylation sites is 2. The number of amides is 1. The summed E-state index contributed by atoms with van der Waals surface area (Å²) in [5.74, 6) is -0.242. The molecule has 3 aromatic carbocycles. The maximum absolute atomic E-state index is 13.6. The number of nitrogens with zero attached hydrogens (tertiary/aromatic N) is 3. The maximum atomic E-state index is 13.6. The van der Waals surface area contributed by atoms with Crippen LogP contribution in [-0.2, 0) is 14.8 Å². The van der Waals surface area contributed by atoms with E-state index in [0.717, 1.165) is 31.4 Å². The number of aryl methyl sites for hydroxylation is 1. The highest BCUT2D eigenvalue weighted by Crippen LogP contribution is 2.32. The smallest absolute Gasteiger partial charge is 0.264 e. The molecular weight excluding hydrogens is 580 g/mol. The highest BCUT2D eigenvalue weighted by atomic mass is 79.9. The van der Waals surface area contributed by atoms with Crippen molar-refractivity contribution in [1.82, 2.24) is 9.99 Å². The van der Waals surface area contributed by atoms with Crippen molar-refractivity contribution in [1.29, 1.82) is 0 Å². The lowest BCUT2D eigenvalue weighted by Crippen LogP contribution is -2.39. The van der Waals surface area contributed by atoms with E-state index in [1.807, 2.05) is 51.1 Å². The first-order valence-corrected chi connectivity index (χ1v) is 14.5. The summed E-state index contributed by atoms with van der Waals surface area (Å²) in [6.45, 7) is 5.62. The van der Waals surface area contributed by atoms with Gasteiger partial charge in [-0.05, 0) is 69.3 Å². The van der Waals surface area contributed by atoms with Crippen molar-refractivity contribution in [3.63, 3.8) is 0 Å². The molecule has 0 radical (unpaired) electrons. The molecule has 0 saturated heterocycles. The summed E-state index contributed by atoms with van der Waals surface area (Å²) in [5.41, 5.74) is 6.51. The molecule has 0 bridgehead atoms. The normalized spacial score (nSPS) is 11.5. The monoisotopic (exact) mass is 608 g/mol. The summed E-state index contributed by atoms with van der Waals surface area (Å²) >= 11 is 3.51. The highest BCUT2D eigenvalue weighted by Gasteiger charge is 2.29. The van der Waals surface area contributed by atoms with Gasteiger partial charge in [-0.2, -0.15) is 5.10 Å². The number of benzene rings is 3. The molecule has 39 heavy (non-hydrogen) atoms. The van der Waals surface area contributed by atoms with Crippen LogP contribution >= 0.6 is 15.9 Å². The molecule has 0 saturated carbocycles. The van der Waals surface area contributed by atoms with Crippen molar-refractivity contribution in [2.24, 2.45) is 5.10 Å². The van der Waals surface area contributed by atoms with E-state index >= 15 is 0 Å². The average Bonchev–Trinajstić information content (AvgIpc) is 3.21. The van der Waals surface area contributed by atoms with Crippen molar-refractivity contribution in [2.45, 2.75) is 25.7 Å². The minimum atomic E-state index is -4.08. The zero-order valence-corrected chi connectivity index (χ0v) is 24.2. The first kappa shape index (κ1) is 28.1. The molecule has 1 N–H and O–H groups in total. The number of halogens is 1. The Bertz CT molecular complexity index is 1600. The molecule has 0 atom stereocenters. The van der Waals surface area contributed by atoms with E-state index in [2.05, 4.69) is 31.0 Å². The van der Waals surface area contributed by atoms with Gasteiger partial charge in [0.15, 0.2) is 0 Å². The number of hydrogen-bond donors (Lipinski definition) is 1.